The van der Waals surface area contributed by atoms with Crippen LogP contribution in [-0.2, 0) is 9.47 Å². The molecule has 1 N–H and O–H groups in total. The summed E-state index contributed by atoms with van der Waals surface area (Å²) in [6, 6.07) is 0. The van der Waals surface area contributed by atoms with Crippen LogP contribution in [0.25, 0.3) is 0 Å². The summed E-state index contributed by atoms with van der Waals surface area (Å²) in [4.78, 5) is 0. The van der Waals surface area contributed by atoms with E-state index in [1.54, 1.807) is 18.2 Å². The quantitative estimate of drug-likeness (QED) is 0.347. The lowest BCUT2D eigenvalue weighted by atomic mass is 9.78. The molecule has 140 valence electrons. The van der Waals surface area contributed by atoms with Crippen molar-refractivity contribution in [3.8, 4) is 0 Å². The Kier molecular flexibility index (Phi) is 10.1. The van der Waals surface area contributed by atoms with E-state index < -0.39 is 30.8 Å². The number of halogens is 4. The summed E-state index contributed by atoms with van der Waals surface area (Å²) in [6.45, 7) is 10.4. The molecule has 0 fully saturated rings. The standard InChI is InChI=1S/C17H27F4NO2/c1-5-9-15(10-6-2,11-7-3)12-22-13-16(18,19)24-17(20,21)14-23-8-4/h5-7,22H,1-3,8-14H2,4H3. The van der Waals surface area contributed by atoms with E-state index in [4.69, 9.17) is 0 Å². The van der Waals surface area contributed by atoms with Crippen molar-refractivity contribution in [2.24, 2.45) is 5.41 Å². The molecule has 0 spiro atoms. The summed E-state index contributed by atoms with van der Waals surface area (Å²) in [5.74, 6) is 0. The monoisotopic (exact) mass is 353 g/mol. The topological polar surface area (TPSA) is 30.5 Å². The number of allylic oxidation sites excluding steroid dienone is 3. The van der Waals surface area contributed by atoms with E-state index in [-0.39, 0.29) is 13.2 Å². The van der Waals surface area contributed by atoms with E-state index in [0.29, 0.717) is 19.3 Å². The normalized spacial score (nSPS) is 12.9. The fraction of sp³-hybridized carbons (Fsp3) is 0.647. The first kappa shape index (κ1) is 22.8. The van der Waals surface area contributed by atoms with Gasteiger partial charge in [0.15, 0.2) is 0 Å². The van der Waals surface area contributed by atoms with E-state index in [1.165, 1.54) is 6.92 Å². The molecule has 0 aromatic rings. The maximum atomic E-state index is 13.6. The van der Waals surface area contributed by atoms with Gasteiger partial charge >= 0.3 is 12.2 Å². The van der Waals surface area contributed by atoms with Gasteiger partial charge in [-0.15, -0.1) is 19.7 Å². The predicted octanol–water partition coefficient (Wildman–Crippen LogP) is 4.53. The first-order valence-corrected chi connectivity index (χ1v) is 7.73. The maximum absolute atomic E-state index is 13.6. The van der Waals surface area contributed by atoms with Crippen molar-refractivity contribution in [2.75, 3.05) is 26.3 Å². The number of alkyl halides is 4. The minimum atomic E-state index is -4.05. The largest absolute Gasteiger partial charge is 0.383 e. The molecular formula is C17H27F4NO2. The fourth-order valence-corrected chi connectivity index (χ4v) is 2.36. The minimum absolute atomic E-state index is 0.0179. The molecule has 7 heteroatoms. The molecule has 0 radical (unpaired) electrons. The molecule has 0 unspecified atom stereocenters. The minimum Gasteiger partial charge on any atom is -0.373 e. The van der Waals surface area contributed by atoms with Crippen LogP contribution in [0.5, 0.6) is 0 Å². The highest BCUT2D eigenvalue weighted by Gasteiger charge is 2.44. The summed E-state index contributed by atoms with van der Waals surface area (Å²) < 4.78 is 61.7. The second kappa shape index (κ2) is 10.6. The summed E-state index contributed by atoms with van der Waals surface area (Å²) >= 11 is 0. The van der Waals surface area contributed by atoms with Gasteiger partial charge in [0.1, 0.15) is 6.61 Å². The lowest BCUT2D eigenvalue weighted by Crippen LogP contribution is -2.45. The third-order valence-corrected chi connectivity index (χ3v) is 3.34. The van der Waals surface area contributed by atoms with Crippen molar-refractivity contribution < 1.29 is 27.0 Å². The van der Waals surface area contributed by atoms with Crippen molar-refractivity contribution in [1.82, 2.24) is 5.32 Å². The third-order valence-electron chi connectivity index (χ3n) is 3.34. The molecule has 0 bridgehead atoms. The Labute approximate surface area is 141 Å². The molecule has 0 amide bonds. The van der Waals surface area contributed by atoms with Gasteiger partial charge < -0.3 is 10.1 Å². The Bertz CT molecular complexity index is 374. The van der Waals surface area contributed by atoms with Crippen molar-refractivity contribution in [3.05, 3.63) is 38.0 Å². The number of rotatable bonds is 15. The van der Waals surface area contributed by atoms with Crippen LogP contribution in [0.15, 0.2) is 38.0 Å². The van der Waals surface area contributed by atoms with Gasteiger partial charge in [0.2, 0.25) is 0 Å². The van der Waals surface area contributed by atoms with E-state index in [9.17, 15) is 17.6 Å². The van der Waals surface area contributed by atoms with Crippen LogP contribution >= 0.6 is 0 Å². The molecule has 24 heavy (non-hydrogen) atoms. The van der Waals surface area contributed by atoms with Gasteiger partial charge in [-0.2, -0.15) is 17.6 Å². The Morgan fingerprint density at radius 2 is 1.38 bits per heavy atom. The fourth-order valence-electron chi connectivity index (χ4n) is 2.36. The van der Waals surface area contributed by atoms with Crippen LogP contribution in [0.1, 0.15) is 26.2 Å². The third kappa shape index (κ3) is 9.20. The molecule has 0 rings (SSSR count). The molecule has 0 aliphatic heterocycles. The van der Waals surface area contributed by atoms with Gasteiger partial charge in [0.05, 0.1) is 6.54 Å². The van der Waals surface area contributed by atoms with E-state index >= 15 is 0 Å². The molecule has 0 aromatic heterocycles. The van der Waals surface area contributed by atoms with E-state index in [2.05, 4.69) is 34.5 Å². The van der Waals surface area contributed by atoms with Crippen molar-refractivity contribution in [1.29, 1.82) is 0 Å². The van der Waals surface area contributed by atoms with Gasteiger partial charge in [-0.25, -0.2) is 0 Å². The SMILES string of the molecule is C=CCC(CC=C)(CC=C)CNCC(F)(F)OC(F)(F)COCC. The van der Waals surface area contributed by atoms with Crippen molar-refractivity contribution in [2.45, 2.75) is 38.4 Å². The molecule has 0 atom stereocenters. The maximum Gasteiger partial charge on any atom is 0.383 e. The molecule has 0 saturated heterocycles. The zero-order chi connectivity index (χ0) is 18.7. The number of hydrogen-bond donors (Lipinski definition) is 1. The van der Waals surface area contributed by atoms with Crippen LogP contribution in [0.2, 0.25) is 0 Å². The molecule has 0 aliphatic rings. The van der Waals surface area contributed by atoms with Gasteiger partial charge in [-0.1, -0.05) is 18.2 Å². The van der Waals surface area contributed by atoms with Gasteiger partial charge in [0.25, 0.3) is 0 Å². The van der Waals surface area contributed by atoms with Crippen LogP contribution in [0.4, 0.5) is 17.6 Å². The molecule has 0 heterocycles. The Morgan fingerprint density at radius 1 is 0.875 bits per heavy atom. The lowest BCUT2D eigenvalue weighted by Gasteiger charge is -2.32. The molecule has 0 aromatic carbocycles. The predicted molar refractivity (Wildman–Crippen MR) is 87.2 cm³/mol. The average Bonchev–Trinajstić information content (AvgIpc) is 2.44. The Morgan fingerprint density at radius 3 is 1.79 bits per heavy atom. The second-order valence-corrected chi connectivity index (χ2v) is 5.60. The highest BCUT2D eigenvalue weighted by molar-refractivity contribution is 4.97. The smallest absolute Gasteiger partial charge is 0.373 e. The van der Waals surface area contributed by atoms with E-state index in [1.807, 2.05) is 0 Å². The number of ether oxygens (including phenoxy) is 2. The van der Waals surface area contributed by atoms with Crippen molar-refractivity contribution in [3.63, 3.8) is 0 Å². The van der Waals surface area contributed by atoms with Gasteiger partial charge in [0, 0.05) is 13.2 Å². The zero-order valence-corrected chi connectivity index (χ0v) is 14.1. The number of nitrogens with one attached hydrogen (secondary N) is 1. The van der Waals surface area contributed by atoms with Crippen LogP contribution < -0.4 is 5.32 Å². The summed E-state index contributed by atoms with van der Waals surface area (Å²) in [6.07, 6.45) is -1.40. The Hall–Kier alpha value is -1.18. The highest BCUT2D eigenvalue weighted by Crippen LogP contribution is 2.32. The summed E-state index contributed by atoms with van der Waals surface area (Å²) in [5.41, 5.74) is -0.421. The second-order valence-electron chi connectivity index (χ2n) is 5.60. The first-order valence-electron chi connectivity index (χ1n) is 7.73. The average molecular weight is 353 g/mol. The highest BCUT2D eigenvalue weighted by atomic mass is 19.3. The van der Waals surface area contributed by atoms with Crippen LogP contribution in [0, 0.1) is 5.41 Å². The van der Waals surface area contributed by atoms with Crippen LogP contribution in [0.3, 0.4) is 0 Å². The lowest BCUT2D eigenvalue weighted by molar-refractivity contribution is -0.381. The molecule has 0 saturated carbocycles. The van der Waals surface area contributed by atoms with E-state index in [0.717, 1.165) is 0 Å². The molecule has 0 aliphatic carbocycles. The molecule has 3 nitrogen and oxygen atoms in total. The van der Waals surface area contributed by atoms with Crippen molar-refractivity contribution >= 4 is 0 Å². The Balaban J connectivity index is 4.68. The number of hydrogen-bond acceptors (Lipinski definition) is 3. The summed E-state index contributed by atoms with van der Waals surface area (Å²) in [7, 11) is 0. The summed E-state index contributed by atoms with van der Waals surface area (Å²) in [5, 5.41) is 2.51. The van der Waals surface area contributed by atoms with Crippen LogP contribution in [-0.4, -0.2) is 38.5 Å². The van der Waals surface area contributed by atoms with Gasteiger partial charge in [-0.3, -0.25) is 4.74 Å². The molecular weight excluding hydrogens is 326 g/mol. The van der Waals surface area contributed by atoms with Gasteiger partial charge in [-0.05, 0) is 31.6 Å². The zero-order valence-electron chi connectivity index (χ0n) is 14.1. The first-order chi connectivity index (χ1) is 11.2.